The Morgan fingerprint density at radius 3 is 2.61 bits per heavy atom. The Labute approximate surface area is 113 Å². The zero-order chi connectivity index (χ0) is 13.2. The Bertz CT molecular complexity index is 271. The van der Waals surface area contributed by atoms with Gasteiger partial charge in [-0.3, -0.25) is 14.8 Å². The molecular formula is C15H29N3. The summed E-state index contributed by atoms with van der Waals surface area (Å²) in [6, 6.07) is 0. The van der Waals surface area contributed by atoms with Crippen molar-refractivity contribution in [3.63, 3.8) is 0 Å². The van der Waals surface area contributed by atoms with Gasteiger partial charge in [0, 0.05) is 18.8 Å². The zero-order valence-electron chi connectivity index (χ0n) is 12.4. The van der Waals surface area contributed by atoms with E-state index >= 15 is 0 Å². The average molecular weight is 251 g/mol. The second kappa shape index (κ2) is 9.29. The normalized spacial score (nSPS) is 19.8. The van der Waals surface area contributed by atoms with E-state index in [1.807, 2.05) is 13.8 Å². The summed E-state index contributed by atoms with van der Waals surface area (Å²) in [6.45, 7) is 9.84. The molecule has 3 heteroatoms. The van der Waals surface area contributed by atoms with Gasteiger partial charge in [0.1, 0.15) is 0 Å². The van der Waals surface area contributed by atoms with E-state index < -0.39 is 0 Å². The van der Waals surface area contributed by atoms with Crippen LogP contribution in [0.5, 0.6) is 0 Å². The minimum Gasteiger partial charge on any atom is -0.292 e. The average Bonchev–Trinajstić information content (AvgIpc) is 3.03. The van der Waals surface area contributed by atoms with Crippen LogP contribution in [0.3, 0.4) is 0 Å². The summed E-state index contributed by atoms with van der Waals surface area (Å²) in [4.78, 5) is 9.34. The molecule has 0 atom stereocenters. The Morgan fingerprint density at radius 2 is 2.00 bits per heavy atom. The molecule has 1 saturated heterocycles. The standard InChI is InChI=1S/C13H23N3.C2H6/c1-15-10-11-16(12-15)9-4-2-3-6-13-7-5-8-14-13;1-2/h5,7H,2-4,6,8-12H2,1H3;1-2H3. The van der Waals surface area contributed by atoms with Crippen LogP contribution in [0.15, 0.2) is 17.1 Å². The van der Waals surface area contributed by atoms with Crippen molar-refractivity contribution >= 4 is 5.71 Å². The van der Waals surface area contributed by atoms with E-state index in [2.05, 4.69) is 34.0 Å². The van der Waals surface area contributed by atoms with E-state index in [0.717, 1.165) is 13.2 Å². The Hall–Kier alpha value is -0.670. The first-order valence-electron chi connectivity index (χ1n) is 7.45. The Morgan fingerprint density at radius 1 is 1.17 bits per heavy atom. The Kier molecular flexibility index (Phi) is 7.94. The van der Waals surface area contributed by atoms with Crippen LogP contribution in [-0.4, -0.2) is 55.4 Å². The van der Waals surface area contributed by atoms with Crippen LogP contribution in [0.1, 0.15) is 39.5 Å². The van der Waals surface area contributed by atoms with E-state index in [-0.39, 0.29) is 0 Å². The van der Waals surface area contributed by atoms with Crippen molar-refractivity contribution in [1.29, 1.82) is 0 Å². The van der Waals surface area contributed by atoms with E-state index in [0.29, 0.717) is 0 Å². The van der Waals surface area contributed by atoms with Crippen LogP contribution in [0.25, 0.3) is 0 Å². The lowest BCUT2D eigenvalue weighted by Crippen LogP contribution is -2.24. The molecule has 0 aromatic heterocycles. The van der Waals surface area contributed by atoms with Crippen molar-refractivity contribution in [2.45, 2.75) is 39.5 Å². The number of hydrogen-bond acceptors (Lipinski definition) is 3. The summed E-state index contributed by atoms with van der Waals surface area (Å²) in [5.74, 6) is 0. The first-order valence-corrected chi connectivity index (χ1v) is 7.45. The molecule has 0 radical (unpaired) electrons. The van der Waals surface area contributed by atoms with E-state index in [4.69, 9.17) is 0 Å². The summed E-state index contributed by atoms with van der Waals surface area (Å²) in [5.41, 5.74) is 1.31. The van der Waals surface area contributed by atoms with Crippen molar-refractivity contribution in [2.75, 3.05) is 39.9 Å². The molecule has 2 aliphatic heterocycles. The van der Waals surface area contributed by atoms with Crippen molar-refractivity contribution in [3.05, 3.63) is 12.2 Å². The molecule has 2 rings (SSSR count). The van der Waals surface area contributed by atoms with Gasteiger partial charge in [-0.2, -0.15) is 0 Å². The number of aliphatic imine (C=N–C) groups is 1. The number of hydrogen-bond donors (Lipinski definition) is 0. The fourth-order valence-electron chi connectivity index (χ4n) is 2.37. The van der Waals surface area contributed by atoms with Gasteiger partial charge in [-0.25, -0.2) is 0 Å². The van der Waals surface area contributed by atoms with Gasteiger partial charge in [-0.05, 0) is 38.9 Å². The van der Waals surface area contributed by atoms with Crippen molar-refractivity contribution in [2.24, 2.45) is 4.99 Å². The fraction of sp³-hybridized carbons (Fsp3) is 0.800. The molecule has 0 bridgehead atoms. The largest absolute Gasteiger partial charge is 0.292 e. The molecule has 3 nitrogen and oxygen atoms in total. The van der Waals surface area contributed by atoms with Gasteiger partial charge >= 0.3 is 0 Å². The summed E-state index contributed by atoms with van der Waals surface area (Å²) < 4.78 is 0. The van der Waals surface area contributed by atoms with Crippen LogP contribution >= 0.6 is 0 Å². The number of unbranched alkanes of at least 4 members (excludes halogenated alkanes) is 2. The van der Waals surface area contributed by atoms with E-state index in [1.165, 1.54) is 51.0 Å². The summed E-state index contributed by atoms with van der Waals surface area (Å²) in [7, 11) is 2.20. The van der Waals surface area contributed by atoms with Gasteiger partial charge in [0.15, 0.2) is 0 Å². The SMILES string of the molecule is CC.CN1CCN(CCCCCC2=NCC=C2)C1. The molecule has 2 heterocycles. The van der Waals surface area contributed by atoms with Gasteiger partial charge in [0.05, 0.1) is 13.2 Å². The third-order valence-electron chi connectivity index (χ3n) is 3.36. The maximum Gasteiger partial charge on any atom is 0.0577 e. The molecule has 0 aromatic rings. The highest BCUT2D eigenvalue weighted by molar-refractivity contribution is 5.96. The number of allylic oxidation sites excluding steroid dienone is 1. The van der Waals surface area contributed by atoms with Gasteiger partial charge in [0.2, 0.25) is 0 Å². The maximum atomic E-state index is 4.41. The summed E-state index contributed by atoms with van der Waals surface area (Å²) in [5, 5.41) is 0. The van der Waals surface area contributed by atoms with E-state index in [9.17, 15) is 0 Å². The third kappa shape index (κ3) is 5.78. The quantitative estimate of drug-likeness (QED) is 0.676. The molecule has 0 saturated carbocycles. The van der Waals surface area contributed by atoms with Crippen molar-refractivity contribution in [1.82, 2.24) is 9.80 Å². The lowest BCUT2D eigenvalue weighted by Gasteiger charge is -2.14. The second-order valence-electron chi connectivity index (χ2n) is 4.88. The van der Waals surface area contributed by atoms with Gasteiger partial charge in [0.25, 0.3) is 0 Å². The molecule has 1 fully saturated rings. The van der Waals surface area contributed by atoms with Crippen molar-refractivity contribution in [3.8, 4) is 0 Å². The topological polar surface area (TPSA) is 18.8 Å². The summed E-state index contributed by atoms with van der Waals surface area (Å²) in [6.07, 6.45) is 9.48. The molecular weight excluding hydrogens is 222 g/mol. The van der Waals surface area contributed by atoms with Crippen LogP contribution in [0, 0.1) is 0 Å². The highest BCUT2D eigenvalue weighted by atomic mass is 15.4. The first kappa shape index (κ1) is 15.4. The predicted molar refractivity (Wildman–Crippen MR) is 80.3 cm³/mol. The zero-order valence-corrected chi connectivity index (χ0v) is 12.4. The lowest BCUT2D eigenvalue weighted by atomic mass is 10.1. The molecule has 0 N–H and O–H groups in total. The molecule has 0 aromatic carbocycles. The predicted octanol–water partition coefficient (Wildman–Crippen LogP) is 2.79. The van der Waals surface area contributed by atoms with Crippen LogP contribution < -0.4 is 0 Å². The highest BCUT2D eigenvalue weighted by Crippen LogP contribution is 2.08. The first-order chi connectivity index (χ1) is 8.84. The molecule has 18 heavy (non-hydrogen) atoms. The smallest absolute Gasteiger partial charge is 0.0577 e. The highest BCUT2D eigenvalue weighted by Gasteiger charge is 2.14. The maximum absolute atomic E-state index is 4.41. The molecule has 2 aliphatic rings. The number of likely N-dealkylation sites (N-methyl/N-ethyl adjacent to an activating group) is 1. The molecule has 0 spiro atoms. The van der Waals surface area contributed by atoms with Crippen LogP contribution in [0.2, 0.25) is 0 Å². The number of rotatable bonds is 6. The van der Waals surface area contributed by atoms with Gasteiger partial charge in [-0.1, -0.05) is 26.3 Å². The monoisotopic (exact) mass is 251 g/mol. The van der Waals surface area contributed by atoms with Crippen molar-refractivity contribution < 1.29 is 0 Å². The van der Waals surface area contributed by atoms with Crippen LogP contribution in [0.4, 0.5) is 0 Å². The minimum absolute atomic E-state index is 0.912. The molecule has 104 valence electrons. The number of nitrogens with zero attached hydrogens (tertiary/aromatic N) is 3. The minimum atomic E-state index is 0.912. The van der Waals surface area contributed by atoms with Crippen LogP contribution in [-0.2, 0) is 0 Å². The molecule has 0 unspecified atom stereocenters. The third-order valence-corrected chi connectivity index (χ3v) is 3.36. The molecule has 0 aliphatic carbocycles. The van der Waals surface area contributed by atoms with Gasteiger partial charge < -0.3 is 0 Å². The summed E-state index contributed by atoms with van der Waals surface area (Å²) >= 11 is 0. The van der Waals surface area contributed by atoms with Gasteiger partial charge in [-0.15, -0.1) is 0 Å². The second-order valence-corrected chi connectivity index (χ2v) is 4.88. The fourth-order valence-corrected chi connectivity index (χ4v) is 2.37. The lowest BCUT2D eigenvalue weighted by molar-refractivity contribution is 0.269. The van der Waals surface area contributed by atoms with E-state index in [1.54, 1.807) is 0 Å². The Balaban J connectivity index is 0.000000771. The molecule has 0 amide bonds.